The van der Waals surface area contributed by atoms with E-state index in [1.807, 2.05) is 37.3 Å². The Morgan fingerprint density at radius 1 is 1.09 bits per heavy atom. The van der Waals surface area contributed by atoms with Gasteiger partial charge in [0.05, 0.1) is 6.04 Å². The first-order valence-corrected chi connectivity index (χ1v) is 7.26. The van der Waals surface area contributed by atoms with E-state index in [4.69, 9.17) is 0 Å². The predicted molar refractivity (Wildman–Crippen MR) is 82.4 cm³/mol. The zero-order valence-electron chi connectivity index (χ0n) is 12.6. The Labute approximate surface area is 129 Å². The van der Waals surface area contributed by atoms with Crippen molar-refractivity contribution >= 4 is 5.91 Å². The first kappa shape index (κ1) is 16.1. The Kier molecular flexibility index (Phi) is 5.26. The van der Waals surface area contributed by atoms with Crippen LogP contribution in [0.25, 0.3) is 0 Å². The molecule has 2 aromatic rings. The molecule has 1 N–H and O–H groups in total. The number of carbonyl (C=O) groups excluding carboxylic acids is 1. The van der Waals surface area contributed by atoms with Crippen molar-refractivity contribution in [3.8, 4) is 0 Å². The zero-order chi connectivity index (χ0) is 16.1. The van der Waals surface area contributed by atoms with Gasteiger partial charge in [0, 0.05) is 18.1 Å². The molecule has 116 valence electrons. The maximum Gasteiger partial charge on any atom is 0.221 e. The van der Waals surface area contributed by atoms with Crippen molar-refractivity contribution in [1.29, 1.82) is 0 Å². The second-order valence-corrected chi connectivity index (χ2v) is 5.47. The van der Waals surface area contributed by atoms with E-state index in [0.717, 1.165) is 11.6 Å². The number of rotatable bonds is 5. The van der Waals surface area contributed by atoms with Gasteiger partial charge in [0.15, 0.2) is 0 Å². The van der Waals surface area contributed by atoms with Gasteiger partial charge in [-0.2, -0.15) is 0 Å². The Hall–Kier alpha value is -2.23. The number of carbonyl (C=O) groups is 1. The highest BCUT2D eigenvalue weighted by Crippen LogP contribution is 2.21. The van der Waals surface area contributed by atoms with Gasteiger partial charge in [0.25, 0.3) is 0 Å². The summed E-state index contributed by atoms with van der Waals surface area (Å²) in [5, 5.41) is 2.76. The molecular formula is C18H19F2NO. The number of halogens is 2. The molecule has 0 aliphatic heterocycles. The molecule has 2 rings (SSSR count). The lowest BCUT2D eigenvalue weighted by atomic mass is 9.97. The summed E-state index contributed by atoms with van der Waals surface area (Å²) in [5.41, 5.74) is 1.36. The number of benzene rings is 2. The molecule has 0 aromatic heterocycles. The fraction of sp³-hybridized carbons (Fsp3) is 0.278. The first-order valence-electron chi connectivity index (χ1n) is 7.26. The van der Waals surface area contributed by atoms with E-state index < -0.39 is 17.7 Å². The minimum atomic E-state index is -0.649. The van der Waals surface area contributed by atoms with Crippen LogP contribution in [-0.4, -0.2) is 5.91 Å². The van der Waals surface area contributed by atoms with Crippen molar-refractivity contribution in [2.75, 3.05) is 0 Å². The quantitative estimate of drug-likeness (QED) is 0.875. The molecule has 0 saturated carbocycles. The minimum absolute atomic E-state index is 0.0754. The van der Waals surface area contributed by atoms with Gasteiger partial charge in [-0.05, 0) is 24.5 Å². The molecule has 0 radical (unpaired) electrons. The van der Waals surface area contributed by atoms with Gasteiger partial charge < -0.3 is 5.32 Å². The van der Waals surface area contributed by atoms with E-state index in [9.17, 15) is 13.6 Å². The fourth-order valence-electron chi connectivity index (χ4n) is 2.41. The third-order valence-corrected chi connectivity index (χ3v) is 3.67. The molecule has 0 heterocycles. The molecule has 0 spiro atoms. The van der Waals surface area contributed by atoms with Crippen LogP contribution >= 0.6 is 0 Å². The van der Waals surface area contributed by atoms with Crippen molar-refractivity contribution in [3.63, 3.8) is 0 Å². The lowest BCUT2D eigenvalue weighted by Crippen LogP contribution is -2.28. The van der Waals surface area contributed by atoms with Gasteiger partial charge in [-0.3, -0.25) is 4.79 Å². The molecule has 2 aromatic carbocycles. The summed E-state index contributed by atoms with van der Waals surface area (Å²) in [7, 11) is 0. The van der Waals surface area contributed by atoms with Gasteiger partial charge in [0.1, 0.15) is 11.6 Å². The van der Waals surface area contributed by atoms with Crippen molar-refractivity contribution in [2.24, 2.45) is 0 Å². The van der Waals surface area contributed by atoms with Crippen LogP contribution in [-0.2, 0) is 4.79 Å². The van der Waals surface area contributed by atoms with Gasteiger partial charge in [-0.25, -0.2) is 8.78 Å². The van der Waals surface area contributed by atoms with Crippen LogP contribution in [0.2, 0.25) is 0 Å². The van der Waals surface area contributed by atoms with Crippen LogP contribution in [0.4, 0.5) is 8.78 Å². The normalized spacial score (nSPS) is 13.5. The van der Waals surface area contributed by atoms with Crippen LogP contribution < -0.4 is 5.32 Å². The Bertz CT molecular complexity index is 643. The molecule has 0 bridgehead atoms. The summed E-state index contributed by atoms with van der Waals surface area (Å²) in [6, 6.07) is 12.6. The average molecular weight is 303 g/mol. The standard InChI is InChI=1S/C18H19F2NO/c1-12(14-6-4-3-5-7-14)10-18(22)21-13(2)16-9-8-15(19)11-17(16)20/h3-9,11-13H,10H2,1-2H3,(H,21,22). The number of amides is 1. The monoisotopic (exact) mass is 303 g/mol. The topological polar surface area (TPSA) is 29.1 Å². The SMILES string of the molecule is CC(CC(=O)NC(C)c1ccc(F)cc1F)c1ccccc1. The van der Waals surface area contributed by atoms with Gasteiger partial charge in [-0.15, -0.1) is 0 Å². The fourth-order valence-corrected chi connectivity index (χ4v) is 2.41. The molecule has 0 aliphatic carbocycles. The molecule has 0 saturated heterocycles. The Morgan fingerprint density at radius 2 is 1.77 bits per heavy atom. The highest BCUT2D eigenvalue weighted by atomic mass is 19.1. The molecule has 2 atom stereocenters. The summed E-state index contributed by atoms with van der Waals surface area (Å²) in [4.78, 5) is 12.1. The van der Waals surface area contributed by atoms with Gasteiger partial charge in [-0.1, -0.05) is 43.3 Å². The third-order valence-electron chi connectivity index (χ3n) is 3.67. The van der Waals surface area contributed by atoms with Crippen LogP contribution in [0.5, 0.6) is 0 Å². The number of hydrogen-bond acceptors (Lipinski definition) is 1. The minimum Gasteiger partial charge on any atom is -0.349 e. The average Bonchev–Trinajstić information content (AvgIpc) is 2.47. The van der Waals surface area contributed by atoms with E-state index >= 15 is 0 Å². The first-order chi connectivity index (χ1) is 10.5. The number of hydrogen-bond donors (Lipinski definition) is 1. The van der Waals surface area contributed by atoms with Crippen LogP contribution in [0.3, 0.4) is 0 Å². The summed E-state index contributed by atoms with van der Waals surface area (Å²) in [6.07, 6.45) is 0.317. The van der Waals surface area contributed by atoms with E-state index in [-0.39, 0.29) is 17.4 Å². The summed E-state index contributed by atoms with van der Waals surface area (Å²) in [6.45, 7) is 3.65. The molecular weight excluding hydrogens is 284 g/mol. The molecule has 1 amide bonds. The zero-order valence-corrected chi connectivity index (χ0v) is 12.6. The Balaban J connectivity index is 1.96. The summed E-state index contributed by atoms with van der Waals surface area (Å²) >= 11 is 0. The third kappa shape index (κ3) is 4.13. The highest BCUT2D eigenvalue weighted by Gasteiger charge is 2.16. The lowest BCUT2D eigenvalue weighted by Gasteiger charge is -2.17. The largest absolute Gasteiger partial charge is 0.349 e. The van der Waals surface area contributed by atoms with Crippen LogP contribution in [0.1, 0.15) is 43.4 Å². The molecule has 0 aliphatic rings. The van der Waals surface area contributed by atoms with Crippen molar-refractivity contribution in [3.05, 3.63) is 71.3 Å². The second kappa shape index (κ2) is 7.16. The molecule has 22 heavy (non-hydrogen) atoms. The smallest absolute Gasteiger partial charge is 0.221 e. The molecule has 4 heteroatoms. The second-order valence-electron chi connectivity index (χ2n) is 5.47. The van der Waals surface area contributed by atoms with E-state index in [0.29, 0.717) is 6.42 Å². The van der Waals surface area contributed by atoms with Crippen LogP contribution in [0.15, 0.2) is 48.5 Å². The maximum atomic E-state index is 13.7. The lowest BCUT2D eigenvalue weighted by molar-refractivity contribution is -0.122. The van der Waals surface area contributed by atoms with E-state index in [2.05, 4.69) is 5.32 Å². The molecule has 2 unspecified atom stereocenters. The van der Waals surface area contributed by atoms with Crippen molar-refractivity contribution in [1.82, 2.24) is 5.32 Å². The Morgan fingerprint density at radius 3 is 2.41 bits per heavy atom. The summed E-state index contributed by atoms with van der Waals surface area (Å²) in [5.74, 6) is -1.36. The van der Waals surface area contributed by atoms with E-state index in [1.165, 1.54) is 12.1 Å². The molecule has 2 nitrogen and oxygen atoms in total. The highest BCUT2D eigenvalue weighted by molar-refractivity contribution is 5.77. The van der Waals surface area contributed by atoms with E-state index in [1.54, 1.807) is 6.92 Å². The van der Waals surface area contributed by atoms with Gasteiger partial charge >= 0.3 is 0 Å². The van der Waals surface area contributed by atoms with Crippen LogP contribution in [0, 0.1) is 11.6 Å². The van der Waals surface area contributed by atoms with Crippen molar-refractivity contribution < 1.29 is 13.6 Å². The molecule has 0 fully saturated rings. The van der Waals surface area contributed by atoms with Gasteiger partial charge in [0.2, 0.25) is 5.91 Å². The maximum absolute atomic E-state index is 13.7. The van der Waals surface area contributed by atoms with Crippen molar-refractivity contribution in [2.45, 2.75) is 32.2 Å². The summed E-state index contributed by atoms with van der Waals surface area (Å²) < 4.78 is 26.6. The number of nitrogens with one attached hydrogen (secondary N) is 1. The predicted octanol–water partition coefficient (Wildman–Crippen LogP) is 4.34.